The number of halogens is 3. The minimum atomic E-state index is -5.15. The van der Waals surface area contributed by atoms with Crippen LogP contribution in [0.5, 0.6) is 5.75 Å². The van der Waals surface area contributed by atoms with E-state index in [0.29, 0.717) is 23.4 Å². The first-order chi connectivity index (χ1) is 16.3. The summed E-state index contributed by atoms with van der Waals surface area (Å²) in [5, 5.41) is 2.28. The maximum Gasteiger partial charge on any atom is 0.491 e. The molecule has 35 heavy (non-hydrogen) atoms. The lowest BCUT2D eigenvalue weighted by Crippen LogP contribution is -2.49. The van der Waals surface area contributed by atoms with Gasteiger partial charge in [0.15, 0.2) is 0 Å². The number of alkyl halides is 3. The SMILES string of the molecule is CCN(Cc1cc(N2CCC(=O)NC2=O)cc(C(C)(C)C)c1OC(=O)C(F)(F)F)C1CCCCC1. The average Bonchev–Trinajstić information content (AvgIpc) is 2.77. The predicted molar refractivity (Wildman–Crippen MR) is 125 cm³/mol. The van der Waals surface area contributed by atoms with Crippen molar-refractivity contribution in [1.82, 2.24) is 10.2 Å². The summed E-state index contributed by atoms with van der Waals surface area (Å²) < 4.78 is 44.6. The number of ether oxygens (including phenoxy) is 1. The Morgan fingerprint density at radius 1 is 1.14 bits per heavy atom. The summed E-state index contributed by atoms with van der Waals surface area (Å²) in [5.74, 6) is -2.78. The normalized spacial score (nSPS) is 18.1. The van der Waals surface area contributed by atoms with Crippen molar-refractivity contribution in [2.24, 2.45) is 0 Å². The van der Waals surface area contributed by atoms with Gasteiger partial charge in [-0.05, 0) is 36.9 Å². The number of carbonyl (C=O) groups excluding carboxylic acids is 3. The molecule has 0 aromatic heterocycles. The zero-order chi connectivity index (χ0) is 26.0. The zero-order valence-corrected chi connectivity index (χ0v) is 20.8. The Hall–Kier alpha value is -2.62. The van der Waals surface area contributed by atoms with E-state index in [0.717, 1.165) is 32.1 Å². The van der Waals surface area contributed by atoms with Crippen LogP contribution in [0.1, 0.15) is 77.3 Å². The van der Waals surface area contributed by atoms with Crippen molar-refractivity contribution in [2.75, 3.05) is 18.0 Å². The topological polar surface area (TPSA) is 78.9 Å². The number of nitrogens with one attached hydrogen (secondary N) is 1. The van der Waals surface area contributed by atoms with E-state index >= 15 is 0 Å². The van der Waals surface area contributed by atoms with Crippen LogP contribution in [0.25, 0.3) is 0 Å². The maximum absolute atomic E-state index is 13.2. The molecule has 1 N–H and O–H groups in total. The smallest absolute Gasteiger partial charge is 0.419 e. The molecular formula is C25H34F3N3O4. The van der Waals surface area contributed by atoms with E-state index in [1.807, 2.05) is 6.92 Å². The highest BCUT2D eigenvalue weighted by molar-refractivity contribution is 6.05. The number of benzene rings is 1. The van der Waals surface area contributed by atoms with Gasteiger partial charge in [-0.15, -0.1) is 0 Å². The van der Waals surface area contributed by atoms with Crippen molar-refractivity contribution in [3.63, 3.8) is 0 Å². The number of anilines is 1. The summed E-state index contributed by atoms with van der Waals surface area (Å²) in [7, 11) is 0. The molecule has 0 spiro atoms. The summed E-state index contributed by atoms with van der Waals surface area (Å²) in [6, 6.07) is 2.87. The molecular weight excluding hydrogens is 463 g/mol. The molecule has 1 saturated heterocycles. The van der Waals surface area contributed by atoms with Crippen molar-refractivity contribution >= 4 is 23.6 Å². The average molecular weight is 498 g/mol. The third-order valence-electron chi connectivity index (χ3n) is 6.62. The van der Waals surface area contributed by atoms with Gasteiger partial charge in [0.2, 0.25) is 5.91 Å². The molecule has 2 fully saturated rings. The maximum atomic E-state index is 13.2. The molecule has 0 radical (unpaired) electrons. The van der Waals surface area contributed by atoms with Crippen LogP contribution in [0, 0.1) is 0 Å². The van der Waals surface area contributed by atoms with Crippen molar-refractivity contribution in [2.45, 2.75) is 90.4 Å². The molecule has 1 heterocycles. The molecule has 7 nitrogen and oxygen atoms in total. The number of urea groups is 1. The van der Waals surface area contributed by atoms with Gasteiger partial charge in [-0.25, -0.2) is 9.59 Å². The van der Waals surface area contributed by atoms with Gasteiger partial charge >= 0.3 is 18.2 Å². The molecule has 0 bridgehead atoms. The van der Waals surface area contributed by atoms with Gasteiger partial charge in [-0.1, -0.05) is 47.0 Å². The Labute approximate surface area is 204 Å². The minimum absolute atomic E-state index is 0.111. The summed E-state index contributed by atoms with van der Waals surface area (Å²) in [6.45, 7) is 8.50. The van der Waals surface area contributed by atoms with Crippen LogP contribution < -0.4 is 15.0 Å². The second-order valence-electron chi connectivity index (χ2n) is 10.2. The van der Waals surface area contributed by atoms with Crippen LogP contribution in [0.15, 0.2) is 12.1 Å². The van der Waals surface area contributed by atoms with Gasteiger partial charge in [0.1, 0.15) is 5.75 Å². The molecule has 3 amide bonds. The molecule has 1 aromatic carbocycles. The Kier molecular flexibility index (Phi) is 8.14. The highest BCUT2D eigenvalue weighted by Gasteiger charge is 2.43. The lowest BCUT2D eigenvalue weighted by Gasteiger charge is -2.35. The van der Waals surface area contributed by atoms with Crippen molar-refractivity contribution in [1.29, 1.82) is 0 Å². The van der Waals surface area contributed by atoms with Crippen LogP contribution in [0.4, 0.5) is 23.7 Å². The molecule has 194 valence electrons. The van der Waals surface area contributed by atoms with Gasteiger partial charge in [0.25, 0.3) is 0 Å². The zero-order valence-electron chi connectivity index (χ0n) is 20.8. The Morgan fingerprint density at radius 2 is 1.80 bits per heavy atom. The predicted octanol–water partition coefficient (Wildman–Crippen LogP) is 5.05. The lowest BCUT2D eigenvalue weighted by atomic mass is 9.84. The largest absolute Gasteiger partial charge is 0.491 e. The molecule has 2 aliphatic rings. The summed E-state index contributed by atoms with van der Waals surface area (Å²) in [6.07, 6.45) is 0.293. The van der Waals surface area contributed by atoms with E-state index in [-0.39, 0.29) is 37.2 Å². The minimum Gasteiger partial charge on any atom is -0.419 e. The van der Waals surface area contributed by atoms with Gasteiger partial charge in [0.05, 0.1) is 0 Å². The number of amides is 3. The van der Waals surface area contributed by atoms with Crippen molar-refractivity contribution in [3.8, 4) is 5.75 Å². The molecule has 1 aliphatic heterocycles. The standard InChI is InChI=1S/C25H34F3N3O4/c1-5-30(17-9-7-6-8-10-17)15-16-13-18(31-12-11-20(32)29-23(31)34)14-19(24(2,3)4)21(16)35-22(33)25(26,27)28/h13-14,17H,5-12,15H2,1-4H3,(H,29,32,34). The summed E-state index contributed by atoms with van der Waals surface area (Å²) in [4.78, 5) is 39.7. The number of hydrogen-bond acceptors (Lipinski definition) is 5. The number of nitrogens with zero attached hydrogens (tertiary/aromatic N) is 2. The molecule has 0 unspecified atom stereocenters. The number of carbonyl (C=O) groups is 3. The van der Waals surface area contributed by atoms with Crippen LogP contribution in [0.3, 0.4) is 0 Å². The Morgan fingerprint density at radius 3 is 2.34 bits per heavy atom. The fourth-order valence-electron chi connectivity index (χ4n) is 4.75. The number of imide groups is 1. The van der Waals surface area contributed by atoms with E-state index < -0.39 is 23.6 Å². The second-order valence-corrected chi connectivity index (χ2v) is 10.2. The molecule has 0 atom stereocenters. The highest BCUT2D eigenvalue weighted by Crippen LogP contribution is 2.40. The summed E-state index contributed by atoms with van der Waals surface area (Å²) in [5.41, 5.74) is 0.534. The Bertz CT molecular complexity index is 966. The van der Waals surface area contributed by atoms with Gasteiger partial charge < -0.3 is 4.74 Å². The number of esters is 1. The van der Waals surface area contributed by atoms with E-state index in [4.69, 9.17) is 4.74 Å². The molecule has 3 rings (SSSR count). The summed E-state index contributed by atoms with van der Waals surface area (Å²) >= 11 is 0. The van der Waals surface area contributed by atoms with Gasteiger partial charge in [-0.2, -0.15) is 13.2 Å². The molecule has 1 aliphatic carbocycles. The van der Waals surface area contributed by atoms with Gasteiger partial charge in [0, 0.05) is 42.4 Å². The monoisotopic (exact) mass is 497 g/mol. The fourth-order valence-corrected chi connectivity index (χ4v) is 4.75. The third kappa shape index (κ3) is 6.54. The second kappa shape index (κ2) is 10.6. The molecule has 1 aromatic rings. The van der Waals surface area contributed by atoms with Crippen molar-refractivity contribution < 1.29 is 32.3 Å². The molecule has 1 saturated carbocycles. The van der Waals surface area contributed by atoms with Crippen LogP contribution in [-0.2, 0) is 21.5 Å². The van der Waals surface area contributed by atoms with Gasteiger partial charge in [-0.3, -0.25) is 19.9 Å². The first-order valence-corrected chi connectivity index (χ1v) is 12.1. The van der Waals surface area contributed by atoms with E-state index in [2.05, 4.69) is 10.2 Å². The van der Waals surface area contributed by atoms with E-state index in [9.17, 15) is 27.6 Å². The van der Waals surface area contributed by atoms with E-state index in [1.165, 1.54) is 4.90 Å². The fraction of sp³-hybridized carbons (Fsp3) is 0.640. The van der Waals surface area contributed by atoms with Crippen LogP contribution in [0.2, 0.25) is 0 Å². The third-order valence-corrected chi connectivity index (χ3v) is 6.62. The quantitative estimate of drug-likeness (QED) is 0.439. The first kappa shape index (κ1) is 27.0. The lowest BCUT2D eigenvalue weighted by molar-refractivity contribution is -0.189. The highest BCUT2D eigenvalue weighted by atomic mass is 19.4. The van der Waals surface area contributed by atoms with Crippen molar-refractivity contribution in [3.05, 3.63) is 23.3 Å². The van der Waals surface area contributed by atoms with Crippen LogP contribution >= 0.6 is 0 Å². The Balaban J connectivity index is 2.12. The van der Waals surface area contributed by atoms with E-state index in [1.54, 1.807) is 32.9 Å². The first-order valence-electron chi connectivity index (χ1n) is 12.1. The molecule has 10 heteroatoms. The van der Waals surface area contributed by atoms with Crippen LogP contribution in [-0.4, -0.2) is 48.1 Å². The number of hydrogen-bond donors (Lipinski definition) is 1. The number of rotatable bonds is 6.